The number of ether oxygens (including phenoxy) is 3. The Labute approximate surface area is 140 Å². The Hall–Kier alpha value is -3.00. The number of anilines is 1. The normalized spacial score (nSPS) is 12.5. The maximum absolute atomic E-state index is 11.3. The molecule has 2 aromatic heterocycles. The number of hydrogen-bond donors (Lipinski definition) is 2. The first kappa shape index (κ1) is 14.6. The molecule has 24 heavy (non-hydrogen) atoms. The maximum Gasteiger partial charge on any atom is 0.338 e. The van der Waals surface area contributed by atoms with Gasteiger partial charge in [-0.15, -0.1) is 11.3 Å². The second kappa shape index (κ2) is 5.57. The third-order valence-electron chi connectivity index (χ3n) is 3.67. The van der Waals surface area contributed by atoms with E-state index in [9.17, 15) is 9.90 Å². The van der Waals surface area contributed by atoms with Crippen molar-refractivity contribution in [2.24, 2.45) is 0 Å². The zero-order chi connectivity index (χ0) is 16.7. The SMILES string of the molecule is Nc1ncc(C(=O)O)c2scc(COc3ccc4c(c3)OCO4)c12. The van der Waals surface area contributed by atoms with E-state index in [4.69, 9.17) is 19.9 Å². The fourth-order valence-electron chi connectivity index (χ4n) is 2.52. The molecule has 0 radical (unpaired) electrons. The van der Waals surface area contributed by atoms with Gasteiger partial charge in [-0.3, -0.25) is 0 Å². The standard InChI is InChI=1S/C16H12N2O5S/c17-15-13-8(6-24-14(13)10(4-18-15)16(19)20)5-21-9-1-2-11-12(3-9)23-7-22-11/h1-4,6H,5,7H2,(H2,17,18)(H,19,20). The van der Waals surface area contributed by atoms with Gasteiger partial charge in [-0.2, -0.15) is 0 Å². The van der Waals surface area contributed by atoms with E-state index in [0.29, 0.717) is 33.2 Å². The topological polar surface area (TPSA) is 104 Å². The first-order valence-corrected chi connectivity index (χ1v) is 7.92. The van der Waals surface area contributed by atoms with Crippen LogP contribution in [-0.4, -0.2) is 22.9 Å². The summed E-state index contributed by atoms with van der Waals surface area (Å²) in [5.41, 5.74) is 6.85. The van der Waals surface area contributed by atoms with Crippen LogP contribution in [0.5, 0.6) is 17.2 Å². The summed E-state index contributed by atoms with van der Waals surface area (Å²) in [6.07, 6.45) is 1.28. The molecule has 0 bridgehead atoms. The number of aromatic carboxylic acids is 1. The number of thiophene rings is 1. The number of carboxylic acids is 1. The molecule has 1 aromatic carbocycles. The molecule has 0 amide bonds. The van der Waals surface area contributed by atoms with Gasteiger partial charge in [-0.05, 0) is 17.5 Å². The molecule has 0 saturated heterocycles. The minimum absolute atomic E-state index is 0.138. The number of nitrogens with zero attached hydrogens (tertiary/aromatic N) is 1. The summed E-state index contributed by atoms with van der Waals surface area (Å²) in [4.78, 5) is 15.3. The van der Waals surface area contributed by atoms with E-state index in [2.05, 4.69) is 4.98 Å². The lowest BCUT2D eigenvalue weighted by Crippen LogP contribution is -2.02. The van der Waals surface area contributed by atoms with Crippen molar-refractivity contribution in [2.75, 3.05) is 12.5 Å². The van der Waals surface area contributed by atoms with Crippen LogP contribution in [0.25, 0.3) is 10.1 Å². The second-order valence-electron chi connectivity index (χ2n) is 5.13. The smallest absolute Gasteiger partial charge is 0.338 e. The molecule has 122 valence electrons. The van der Waals surface area contributed by atoms with Crippen LogP contribution in [0.4, 0.5) is 5.82 Å². The Balaban J connectivity index is 1.63. The van der Waals surface area contributed by atoms with Crippen LogP contribution in [0.15, 0.2) is 29.8 Å². The maximum atomic E-state index is 11.3. The average molecular weight is 344 g/mol. The molecule has 3 aromatic rings. The van der Waals surface area contributed by atoms with Gasteiger partial charge in [-0.1, -0.05) is 0 Å². The Morgan fingerprint density at radius 1 is 1.38 bits per heavy atom. The van der Waals surface area contributed by atoms with E-state index in [-0.39, 0.29) is 19.0 Å². The number of nitrogen functional groups attached to an aromatic ring is 1. The first-order chi connectivity index (χ1) is 11.6. The Morgan fingerprint density at radius 2 is 2.21 bits per heavy atom. The van der Waals surface area contributed by atoms with Crippen LogP contribution in [0.2, 0.25) is 0 Å². The van der Waals surface area contributed by atoms with E-state index in [1.165, 1.54) is 17.5 Å². The van der Waals surface area contributed by atoms with Gasteiger partial charge in [0.15, 0.2) is 11.5 Å². The van der Waals surface area contributed by atoms with Gasteiger partial charge in [0.05, 0.1) is 10.3 Å². The van der Waals surface area contributed by atoms with E-state index in [1.807, 2.05) is 5.38 Å². The van der Waals surface area contributed by atoms with Gasteiger partial charge in [0, 0.05) is 23.2 Å². The molecule has 1 aliphatic heterocycles. The lowest BCUT2D eigenvalue weighted by atomic mass is 10.1. The highest BCUT2D eigenvalue weighted by Crippen LogP contribution is 2.36. The minimum atomic E-state index is -1.03. The summed E-state index contributed by atoms with van der Waals surface area (Å²) in [6.45, 7) is 0.447. The molecule has 0 aliphatic carbocycles. The molecule has 0 saturated carbocycles. The lowest BCUT2D eigenvalue weighted by molar-refractivity contribution is 0.0699. The van der Waals surface area contributed by atoms with Crippen molar-refractivity contribution in [1.29, 1.82) is 0 Å². The van der Waals surface area contributed by atoms with Crippen molar-refractivity contribution in [2.45, 2.75) is 6.61 Å². The summed E-state index contributed by atoms with van der Waals surface area (Å²) in [7, 11) is 0. The van der Waals surface area contributed by atoms with Crippen molar-refractivity contribution in [3.05, 3.63) is 40.9 Å². The van der Waals surface area contributed by atoms with E-state index in [0.717, 1.165) is 5.56 Å². The molecule has 8 heteroatoms. The van der Waals surface area contributed by atoms with Crippen molar-refractivity contribution in [3.63, 3.8) is 0 Å². The van der Waals surface area contributed by atoms with Crippen LogP contribution in [0, 0.1) is 0 Å². The highest BCUT2D eigenvalue weighted by Gasteiger charge is 2.18. The third kappa shape index (κ3) is 2.37. The van der Waals surface area contributed by atoms with Gasteiger partial charge in [0.1, 0.15) is 18.2 Å². The summed E-state index contributed by atoms with van der Waals surface area (Å²) < 4.78 is 16.9. The molecular formula is C16H12N2O5S. The molecule has 0 unspecified atom stereocenters. The molecule has 4 rings (SSSR count). The van der Waals surface area contributed by atoms with Crippen LogP contribution in [0.1, 0.15) is 15.9 Å². The number of hydrogen-bond acceptors (Lipinski definition) is 7. The number of fused-ring (bicyclic) bond motifs is 2. The predicted molar refractivity (Wildman–Crippen MR) is 87.9 cm³/mol. The monoisotopic (exact) mass is 344 g/mol. The molecule has 7 nitrogen and oxygen atoms in total. The quantitative estimate of drug-likeness (QED) is 0.750. The molecular weight excluding hydrogens is 332 g/mol. The predicted octanol–water partition coefficient (Wildman–Crippen LogP) is 2.88. The van der Waals surface area contributed by atoms with Crippen LogP contribution in [-0.2, 0) is 6.61 Å². The Bertz CT molecular complexity index is 953. The fourth-order valence-corrected chi connectivity index (χ4v) is 3.58. The van der Waals surface area contributed by atoms with Gasteiger partial charge >= 0.3 is 5.97 Å². The van der Waals surface area contributed by atoms with Gasteiger partial charge in [0.2, 0.25) is 6.79 Å². The molecule has 3 N–H and O–H groups in total. The number of carboxylic acid groups (broad SMARTS) is 1. The lowest BCUT2D eigenvalue weighted by Gasteiger charge is -2.07. The van der Waals surface area contributed by atoms with E-state index in [1.54, 1.807) is 18.2 Å². The number of rotatable bonds is 4. The second-order valence-corrected chi connectivity index (χ2v) is 6.01. The molecule has 0 atom stereocenters. The minimum Gasteiger partial charge on any atom is -0.489 e. The number of benzene rings is 1. The molecule has 0 fully saturated rings. The zero-order valence-electron chi connectivity index (χ0n) is 12.3. The molecule has 3 heterocycles. The summed E-state index contributed by atoms with van der Waals surface area (Å²) in [6, 6.07) is 5.31. The first-order valence-electron chi connectivity index (χ1n) is 7.04. The third-order valence-corrected chi connectivity index (χ3v) is 4.73. The van der Waals surface area contributed by atoms with Crippen molar-refractivity contribution < 1.29 is 24.1 Å². The van der Waals surface area contributed by atoms with Crippen molar-refractivity contribution in [1.82, 2.24) is 4.98 Å². The summed E-state index contributed by atoms with van der Waals surface area (Å²) in [5, 5.41) is 11.7. The van der Waals surface area contributed by atoms with Gasteiger partial charge in [0.25, 0.3) is 0 Å². The zero-order valence-corrected chi connectivity index (χ0v) is 13.1. The molecule has 1 aliphatic rings. The van der Waals surface area contributed by atoms with Crippen LogP contribution < -0.4 is 19.9 Å². The van der Waals surface area contributed by atoms with Crippen molar-refractivity contribution in [3.8, 4) is 17.2 Å². The number of pyridine rings is 1. The largest absolute Gasteiger partial charge is 0.489 e. The van der Waals surface area contributed by atoms with Crippen LogP contribution >= 0.6 is 11.3 Å². The Kier molecular flexibility index (Phi) is 3.39. The summed E-state index contributed by atoms with van der Waals surface area (Å²) >= 11 is 1.31. The number of aromatic nitrogens is 1. The van der Waals surface area contributed by atoms with E-state index < -0.39 is 5.97 Å². The Morgan fingerprint density at radius 3 is 3.04 bits per heavy atom. The van der Waals surface area contributed by atoms with Crippen LogP contribution in [0.3, 0.4) is 0 Å². The fraction of sp³-hybridized carbons (Fsp3) is 0.125. The highest BCUT2D eigenvalue weighted by atomic mass is 32.1. The highest BCUT2D eigenvalue weighted by molar-refractivity contribution is 7.17. The number of carbonyl (C=O) groups is 1. The summed E-state index contributed by atoms with van der Waals surface area (Å²) in [5.74, 6) is 1.21. The van der Waals surface area contributed by atoms with Gasteiger partial charge < -0.3 is 25.1 Å². The number of nitrogens with two attached hydrogens (primary N) is 1. The average Bonchev–Trinajstić information content (AvgIpc) is 3.19. The van der Waals surface area contributed by atoms with Crippen molar-refractivity contribution >= 4 is 33.2 Å². The van der Waals surface area contributed by atoms with Gasteiger partial charge in [-0.25, -0.2) is 9.78 Å². The molecule has 0 spiro atoms. The van der Waals surface area contributed by atoms with E-state index >= 15 is 0 Å².